The Morgan fingerprint density at radius 3 is 1.77 bits per heavy atom. The highest BCUT2D eigenvalue weighted by molar-refractivity contribution is 14.1. The van der Waals surface area contributed by atoms with Gasteiger partial charge in [-0.1, -0.05) is 36.4 Å². The number of halogens is 4. The van der Waals surface area contributed by atoms with Gasteiger partial charge in [0.05, 0.1) is 0 Å². The van der Waals surface area contributed by atoms with E-state index < -0.39 is 15.6 Å². The third-order valence-electron chi connectivity index (χ3n) is 2.76. The van der Waals surface area contributed by atoms with Crippen molar-refractivity contribution in [1.82, 2.24) is 0 Å². The summed E-state index contributed by atoms with van der Waals surface area (Å²) in [5.41, 5.74) is -3.35. The Labute approximate surface area is 164 Å². The molecule has 2 aromatic rings. The predicted octanol–water partition coefficient (Wildman–Crippen LogP) is 5.53. The van der Waals surface area contributed by atoms with Crippen molar-refractivity contribution in [1.29, 1.82) is 0 Å². The summed E-state index contributed by atoms with van der Waals surface area (Å²) in [5, 5.41) is 0. The topological polar surface area (TPSA) is 63.6 Å². The Morgan fingerprint density at radius 1 is 0.923 bits per heavy atom. The molecule has 0 unspecified atom stereocenters. The molecule has 0 atom stereocenters. The highest BCUT2D eigenvalue weighted by Gasteiger charge is 2.44. The van der Waals surface area contributed by atoms with Gasteiger partial charge in [0.25, 0.3) is 0 Å². The van der Waals surface area contributed by atoms with Gasteiger partial charge in [0.15, 0.2) is 0 Å². The zero-order valence-electron chi connectivity index (χ0n) is 14.2. The Balaban J connectivity index is 0.000000359. The molecule has 0 bridgehead atoms. The maximum atomic E-state index is 10.7. The molecule has 0 aliphatic rings. The van der Waals surface area contributed by atoms with Gasteiger partial charge in [-0.05, 0) is 61.1 Å². The molecule has 1 N–H and O–H groups in total. The van der Waals surface area contributed by atoms with E-state index in [9.17, 15) is 13.2 Å². The molecule has 0 saturated heterocycles. The number of ether oxygens (including phenoxy) is 1. The van der Waals surface area contributed by atoms with Gasteiger partial charge in [-0.3, -0.25) is 4.55 Å². The number of hydrogen-bond acceptors (Lipinski definition) is 3. The number of alkyl halides is 3. The van der Waals surface area contributed by atoms with Gasteiger partial charge in [0.2, 0.25) is 0 Å². The summed E-state index contributed by atoms with van der Waals surface area (Å²) in [6, 6.07) is 16.6. The molecule has 2 aromatic carbocycles. The maximum absolute atomic E-state index is 10.7. The summed E-state index contributed by atoms with van der Waals surface area (Å²) in [4.78, 5) is 0. The first-order valence-corrected chi connectivity index (χ1v) is 9.81. The van der Waals surface area contributed by atoms with Crippen LogP contribution in [0.15, 0.2) is 48.5 Å². The lowest BCUT2D eigenvalue weighted by molar-refractivity contribution is -0.0510. The molecule has 2 rings (SSSR count). The van der Waals surface area contributed by atoms with Crippen LogP contribution in [0.25, 0.3) is 11.1 Å². The minimum absolute atomic E-state index is 0.184. The van der Waals surface area contributed by atoms with Gasteiger partial charge in [-0.25, -0.2) is 0 Å². The minimum Gasteiger partial charge on any atom is -0.488 e. The second kappa shape index (κ2) is 8.57. The van der Waals surface area contributed by atoms with Crippen LogP contribution in [-0.4, -0.2) is 24.1 Å². The van der Waals surface area contributed by atoms with E-state index in [2.05, 4.69) is 73.7 Å². The first-order chi connectivity index (χ1) is 11.7. The van der Waals surface area contributed by atoms with Crippen molar-refractivity contribution in [2.24, 2.45) is 0 Å². The smallest absolute Gasteiger partial charge is 0.488 e. The molecule has 0 fully saturated rings. The number of para-hydroxylation sites is 1. The van der Waals surface area contributed by atoms with E-state index in [1.807, 2.05) is 18.2 Å². The molecular formula is C17H18F3IO4S. The van der Waals surface area contributed by atoms with Crippen LogP contribution in [0, 0.1) is 3.57 Å². The second-order valence-corrected chi connectivity index (χ2v) is 8.69. The highest BCUT2D eigenvalue weighted by atomic mass is 127. The molecule has 9 heteroatoms. The normalized spacial score (nSPS) is 12.2. The van der Waals surface area contributed by atoms with Crippen LogP contribution in [0.3, 0.4) is 0 Å². The molecule has 0 aliphatic carbocycles. The Morgan fingerprint density at radius 2 is 1.35 bits per heavy atom. The van der Waals surface area contributed by atoms with E-state index in [0.717, 1.165) is 11.3 Å². The average molecular weight is 502 g/mol. The van der Waals surface area contributed by atoms with Crippen LogP contribution in [0.2, 0.25) is 0 Å². The van der Waals surface area contributed by atoms with Crippen LogP contribution in [0.4, 0.5) is 13.2 Å². The molecule has 26 heavy (non-hydrogen) atoms. The van der Waals surface area contributed by atoms with Crippen LogP contribution in [-0.2, 0) is 10.1 Å². The molecule has 0 aliphatic heterocycles. The molecule has 144 valence electrons. The van der Waals surface area contributed by atoms with Gasteiger partial charge in [0, 0.05) is 9.13 Å². The van der Waals surface area contributed by atoms with Crippen LogP contribution >= 0.6 is 22.6 Å². The van der Waals surface area contributed by atoms with Gasteiger partial charge in [-0.2, -0.15) is 21.6 Å². The zero-order valence-corrected chi connectivity index (χ0v) is 17.2. The lowest BCUT2D eigenvalue weighted by atomic mass is 10.0. The van der Waals surface area contributed by atoms with Crippen molar-refractivity contribution in [3.8, 4) is 16.9 Å². The van der Waals surface area contributed by atoms with Gasteiger partial charge in [0.1, 0.15) is 11.4 Å². The van der Waals surface area contributed by atoms with Gasteiger partial charge < -0.3 is 4.74 Å². The van der Waals surface area contributed by atoms with E-state index in [4.69, 9.17) is 17.7 Å². The number of hydrogen-bond donors (Lipinski definition) is 1. The Bertz CT molecular complexity index is 844. The van der Waals surface area contributed by atoms with Crippen molar-refractivity contribution < 1.29 is 30.9 Å². The molecule has 0 spiro atoms. The molecule has 0 heterocycles. The summed E-state index contributed by atoms with van der Waals surface area (Å²) < 4.78 is 64.8. The molecule has 4 nitrogen and oxygen atoms in total. The molecule has 0 aromatic heterocycles. The summed E-state index contributed by atoms with van der Waals surface area (Å²) in [7, 11) is -5.84. The number of rotatable bonds is 2. The van der Waals surface area contributed by atoms with E-state index >= 15 is 0 Å². The SMILES string of the molecule is CC(C)(C)Oc1ccccc1-c1ccccc1I.O=S(=O)(O)C(F)(F)F. The van der Waals surface area contributed by atoms with E-state index in [1.54, 1.807) is 0 Å². The van der Waals surface area contributed by atoms with Crippen molar-refractivity contribution in [3.05, 3.63) is 52.1 Å². The number of benzene rings is 2. The van der Waals surface area contributed by atoms with Crippen molar-refractivity contribution in [2.75, 3.05) is 0 Å². The third-order valence-corrected chi connectivity index (χ3v) is 4.29. The van der Waals surface area contributed by atoms with Crippen LogP contribution in [0.5, 0.6) is 5.75 Å². The molecular weight excluding hydrogens is 484 g/mol. The average Bonchev–Trinajstić information content (AvgIpc) is 2.45. The molecule has 0 amide bonds. The summed E-state index contributed by atoms with van der Waals surface area (Å²) in [6.45, 7) is 6.21. The fourth-order valence-electron chi connectivity index (χ4n) is 1.79. The quantitative estimate of drug-likeness (QED) is 0.334. The van der Waals surface area contributed by atoms with Crippen LogP contribution in [0.1, 0.15) is 20.8 Å². The molecule has 0 radical (unpaired) electrons. The molecule has 0 saturated carbocycles. The third kappa shape index (κ3) is 7.12. The van der Waals surface area contributed by atoms with Crippen molar-refractivity contribution in [3.63, 3.8) is 0 Å². The fourth-order valence-corrected chi connectivity index (χ4v) is 2.47. The first kappa shape index (κ1) is 22.7. The lowest BCUT2D eigenvalue weighted by Crippen LogP contribution is -2.23. The van der Waals surface area contributed by atoms with Crippen molar-refractivity contribution in [2.45, 2.75) is 31.9 Å². The lowest BCUT2D eigenvalue weighted by Gasteiger charge is -2.23. The Hall–Kier alpha value is -1.33. The predicted molar refractivity (Wildman–Crippen MR) is 103 cm³/mol. The fraction of sp³-hybridized carbons (Fsp3) is 0.294. The van der Waals surface area contributed by atoms with E-state index in [0.29, 0.717) is 0 Å². The maximum Gasteiger partial charge on any atom is 0.522 e. The second-order valence-electron chi connectivity index (χ2n) is 6.11. The first-order valence-electron chi connectivity index (χ1n) is 7.29. The van der Waals surface area contributed by atoms with Gasteiger partial charge in [-0.15, -0.1) is 0 Å². The van der Waals surface area contributed by atoms with E-state index in [-0.39, 0.29) is 5.60 Å². The van der Waals surface area contributed by atoms with Crippen molar-refractivity contribution >= 4 is 32.7 Å². The summed E-state index contributed by atoms with van der Waals surface area (Å²) in [6.07, 6.45) is 0. The monoisotopic (exact) mass is 502 g/mol. The zero-order chi connectivity index (χ0) is 20.2. The summed E-state index contributed by atoms with van der Waals surface area (Å²) in [5.74, 6) is 0.939. The van der Waals surface area contributed by atoms with Crippen LogP contribution < -0.4 is 4.74 Å². The standard InChI is InChI=1S/C16H17IO.CHF3O3S/c1-16(2,3)18-15-11-7-5-9-13(15)12-8-4-6-10-14(12)17;2-1(3,4)8(5,6)7/h4-11H,1-3H3;(H,5,6,7). The summed E-state index contributed by atoms with van der Waals surface area (Å²) >= 11 is 2.36. The largest absolute Gasteiger partial charge is 0.522 e. The van der Waals surface area contributed by atoms with Gasteiger partial charge >= 0.3 is 15.6 Å². The minimum atomic E-state index is -5.84. The van der Waals surface area contributed by atoms with E-state index in [1.165, 1.54) is 9.13 Å². The highest BCUT2D eigenvalue weighted by Crippen LogP contribution is 2.34. The Kier molecular flexibility index (Phi) is 7.49.